The summed E-state index contributed by atoms with van der Waals surface area (Å²) in [5.41, 5.74) is 0.0340. The first-order chi connectivity index (χ1) is 7.04. The molecule has 0 radical (unpaired) electrons. The molecule has 2 aromatic heterocycles. The zero-order valence-electron chi connectivity index (χ0n) is 8.94. The maximum absolute atomic E-state index is 4.44. The van der Waals surface area contributed by atoms with Gasteiger partial charge in [-0.3, -0.25) is 0 Å². The normalized spacial score (nSPS) is 11.7. The zero-order valence-corrected chi connectivity index (χ0v) is 10.6. The van der Waals surface area contributed by atoms with Gasteiger partial charge in [-0.05, 0) is 32.2 Å². The van der Waals surface area contributed by atoms with Crippen molar-refractivity contribution in [2.24, 2.45) is 0 Å². The highest BCUT2D eigenvalue weighted by Crippen LogP contribution is 2.26. The van der Waals surface area contributed by atoms with Gasteiger partial charge in [0.05, 0.1) is 4.88 Å². The number of hydrogen-bond donors (Lipinski definition) is 1. The van der Waals surface area contributed by atoms with E-state index in [-0.39, 0.29) is 5.54 Å². The van der Waals surface area contributed by atoms with E-state index in [0.29, 0.717) is 0 Å². The summed E-state index contributed by atoms with van der Waals surface area (Å²) in [5.74, 6) is 0.821. The lowest BCUT2D eigenvalue weighted by atomic mass is 10.1. The fourth-order valence-electron chi connectivity index (χ4n) is 1.10. The number of nitrogens with one attached hydrogen (secondary N) is 1. The topological polar surface area (TPSA) is 37.8 Å². The lowest BCUT2D eigenvalue weighted by Gasteiger charge is -2.18. The van der Waals surface area contributed by atoms with Gasteiger partial charge in [0.1, 0.15) is 0 Å². The monoisotopic (exact) mass is 239 g/mol. The Labute approximate surface area is 97.4 Å². The van der Waals surface area contributed by atoms with E-state index in [1.165, 1.54) is 11.5 Å². The maximum Gasteiger partial charge on any atom is 0.203 e. The van der Waals surface area contributed by atoms with E-state index in [1.54, 1.807) is 11.3 Å². The third-order valence-electron chi connectivity index (χ3n) is 1.65. The molecule has 5 heteroatoms. The summed E-state index contributed by atoms with van der Waals surface area (Å²) in [6.45, 7) is 6.33. The number of rotatable bonds is 2. The molecule has 0 amide bonds. The number of anilines is 1. The number of hydrogen-bond acceptors (Lipinski definition) is 5. The SMILES string of the molecule is CC(C)(C)Nc1nc(-c2cccs2)ns1. The summed E-state index contributed by atoms with van der Waals surface area (Å²) in [4.78, 5) is 5.56. The highest BCUT2D eigenvalue weighted by Gasteiger charge is 2.13. The number of aromatic nitrogens is 2. The highest BCUT2D eigenvalue weighted by molar-refractivity contribution is 7.14. The fourth-order valence-corrected chi connectivity index (χ4v) is 2.61. The minimum atomic E-state index is 0.0340. The molecule has 0 atom stereocenters. The van der Waals surface area contributed by atoms with Gasteiger partial charge in [-0.1, -0.05) is 6.07 Å². The fraction of sp³-hybridized carbons (Fsp3) is 0.400. The van der Waals surface area contributed by atoms with Crippen LogP contribution in [0.4, 0.5) is 5.13 Å². The largest absolute Gasteiger partial charge is 0.356 e. The van der Waals surface area contributed by atoms with E-state index in [4.69, 9.17) is 0 Å². The Morgan fingerprint density at radius 1 is 1.33 bits per heavy atom. The van der Waals surface area contributed by atoms with Crippen molar-refractivity contribution < 1.29 is 0 Å². The van der Waals surface area contributed by atoms with Crippen LogP contribution in [0.3, 0.4) is 0 Å². The Morgan fingerprint density at radius 2 is 2.13 bits per heavy atom. The van der Waals surface area contributed by atoms with Crippen molar-refractivity contribution >= 4 is 28.0 Å². The molecule has 80 valence electrons. The second kappa shape index (κ2) is 3.90. The Bertz CT molecular complexity index is 426. The van der Waals surface area contributed by atoms with Crippen LogP contribution in [-0.4, -0.2) is 14.9 Å². The molecule has 0 aliphatic heterocycles. The van der Waals surface area contributed by atoms with Gasteiger partial charge in [0.2, 0.25) is 5.13 Å². The van der Waals surface area contributed by atoms with Crippen molar-refractivity contribution in [1.82, 2.24) is 9.36 Å². The molecule has 0 saturated heterocycles. The number of nitrogens with zero attached hydrogens (tertiary/aromatic N) is 2. The van der Waals surface area contributed by atoms with Gasteiger partial charge in [0, 0.05) is 17.1 Å². The third-order valence-corrected chi connectivity index (χ3v) is 3.15. The Hall–Kier alpha value is -0.940. The predicted molar refractivity (Wildman–Crippen MR) is 66.6 cm³/mol. The van der Waals surface area contributed by atoms with E-state index in [1.807, 2.05) is 17.5 Å². The quantitative estimate of drug-likeness (QED) is 0.872. The first kappa shape index (κ1) is 10.6. The van der Waals surface area contributed by atoms with E-state index in [2.05, 4.69) is 35.4 Å². The average Bonchev–Trinajstić information content (AvgIpc) is 2.68. The second-order valence-electron chi connectivity index (χ2n) is 4.28. The molecule has 2 aromatic rings. The minimum Gasteiger partial charge on any atom is -0.356 e. The molecule has 0 aromatic carbocycles. The van der Waals surface area contributed by atoms with Gasteiger partial charge < -0.3 is 5.32 Å². The van der Waals surface area contributed by atoms with Crippen LogP contribution >= 0.6 is 22.9 Å². The second-order valence-corrected chi connectivity index (χ2v) is 5.97. The third kappa shape index (κ3) is 2.76. The molecular weight excluding hydrogens is 226 g/mol. The van der Waals surface area contributed by atoms with E-state index in [9.17, 15) is 0 Å². The number of thiophene rings is 1. The van der Waals surface area contributed by atoms with Gasteiger partial charge >= 0.3 is 0 Å². The molecular formula is C10H13N3S2. The van der Waals surface area contributed by atoms with Crippen LogP contribution in [0.25, 0.3) is 10.7 Å². The Kier molecular flexibility index (Phi) is 2.75. The van der Waals surface area contributed by atoms with Crippen molar-refractivity contribution in [1.29, 1.82) is 0 Å². The van der Waals surface area contributed by atoms with E-state index in [0.717, 1.165) is 15.8 Å². The summed E-state index contributed by atoms with van der Waals surface area (Å²) in [6, 6.07) is 4.05. The van der Waals surface area contributed by atoms with Crippen molar-refractivity contribution in [2.75, 3.05) is 5.32 Å². The Balaban J connectivity index is 2.18. The van der Waals surface area contributed by atoms with Gasteiger partial charge in [-0.15, -0.1) is 11.3 Å². The van der Waals surface area contributed by atoms with Crippen molar-refractivity contribution in [3.8, 4) is 10.7 Å². The summed E-state index contributed by atoms with van der Waals surface area (Å²) >= 11 is 3.07. The average molecular weight is 239 g/mol. The maximum atomic E-state index is 4.44. The van der Waals surface area contributed by atoms with Crippen LogP contribution in [0.1, 0.15) is 20.8 Å². The van der Waals surface area contributed by atoms with E-state index >= 15 is 0 Å². The van der Waals surface area contributed by atoms with Crippen molar-refractivity contribution in [3.63, 3.8) is 0 Å². The first-order valence-electron chi connectivity index (χ1n) is 4.70. The van der Waals surface area contributed by atoms with Crippen molar-refractivity contribution in [3.05, 3.63) is 17.5 Å². The predicted octanol–water partition coefficient (Wildman–Crippen LogP) is 3.48. The molecule has 0 unspecified atom stereocenters. The van der Waals surface area contributed by atoms with Crippen LogP contribution in [-0.2, 0) is 0 Å². The molecule has 0 bridgehead atoms. The van der Waals surface area contributed by atoms with Gasteiger partial charge in [0.25, 0.3) is 0 Å². The summed E-state index contributed by atoms with van der Waals surface area (Å²) < 4.78 is 4.32. The molecule has 2 heterocycles. The van der Waals surface area contributed by atoms with Crippen LogP contribution in [0.2, 0.25) is 0 Å². The lowest BCUT2D eigenvalue weighted by Crippen LogP contribution is -2.25. The van der Waals surface area contributed by atoms with Crippen LogP contribution in [0.15, 0.2) is 17.5 Å². The van der Waals surface area contributed by atoms with E-state index < -0.39 is 0 Å². The molecule has 0 saturated carbocycles. The summed E-state index contributed by atoms with van der Waals surface area (Å²) in [5, 5.41) is 6.23. The van der Waals surface area contributed by atoms with Crippen LogP contribution in [0, 0.1) is 0 Å². The molecule has 1 N–H and O–H groups in total. The van der Waals surface area contributed by atoms with Crippen LogP contribution < -0.4 is 5.32 Å². The Morgan fingerprint density at radius 3 is 2.73 bits per heavy atom. The van der Waals surface area contributed by atoms with Gasteiger partial charge in [0.15, 0.2) is 5.82 Å². The molecule has 0 aliphatic carbocycles. The zero-order chi connectivity index (χ0) is 10.9. The van der Waals surface area contributed by atoms with Gasteiger partial charge in [-0.25, -0.2) is 0 Å². The van der Waals surface area contributed by atoms with Gasteiger partial charge in [-0.2, -0.15) is 9.36 Å². The molecule has 15 heavy (non-hydrogen) atoms. The molecule has 0 spiro atoms. The first-order valence-corrected chi connectivity index (χ1v) is 6.36. The smallest absolute Gasteiger partial charge is 0.203 e. The molecule has 0 aliphatic rings. The molecule has 2 rings (SSSR count). The summed E-state index contributed by atoms with van der Waals surface area (Å²) in [7, 11) is 0. The van der Waals surface area contributed by atoms with Crippen molar-refractivity contribution in [2.45, 2.75) is 26.3 Å². The molecule has 3 nitrogen and oxygen atoms in total. The highest BCUT2D eigenvalue weighted by atomic mass is 32.1. The summed E-state index contributed by atoms with van der Waals surface area (Å²) in [6.07, 6.45) is 0. The molecule has 0 fully saturated rings. The van der Waals surface area contributed by atoms with Crippen LogP contribution in [0.5, 0.6) is 0 Å². The minimum absolute atomic E-state index is 0.0340. The standard InChI is InChI=1S/C10H13N3S2/c1-10(2,3)12-9-11-8(13-15-9)7-5-4-6-14-7/h4-6H,1-3H3,(H,11,12,13). The lowest BCUT2D eigenvalue weighted by molar-refractivity contribution is 0.633.